The van der Waals surface area contributed by atoms with Crippen LogP contribution < -0.4 is 5.32 Å². The quantitative estimate of drug-likeness (QED) is 0.806. The van der Waals surface area contributed by atoms with E-state index in [0.29, 0.717) is 6.04 Å². The van der Waals surface area contributed by atoms with Crippen LogP contribution >= 0.6 is 0 Å². The van der Waals surface area contributed by atoms with Crippen molar-refractivity contribution < 1.29 is 0 Å². The Morgan fingerprint density at radius 1 is 1.56 bits per heavy atom. The number of piperazine rings is 1. The summed E-state index contributed by atoms with van der Waals surface area (Å²) < 4.78 is 2.02. The third-order valence-corrected chi connectivity index (χ3v) is 3.11. The molecule has 1 aliphatic rings. The Kier molecular flexibility index (Phi) is 3.90. The van der Waals surface area contributed by atoms with Gasteiger partial charge in [0.1, 0.15) is 12.2 Å². The molecule has 5 heteroatoms. The van der Waals surface area contributed by atoms with Gasteiger partial charge in [-0.1, -0.05) is 6.92 Å². The lowest BCUT2D eigenvalue weighted by atomic mass is 10.2. The van der Waals surface area contributed by atoms with E-state index in [4.69, 9.17) is 0 Å². The molecule has 0 amide bonds. The fourth-order valence-electron chi connectivity index (χ4n) is 2.11. The Hall–Kier alpha value is -0.940. The van der Waals surface area contributed by atoms with Crippen molar-refractivity contribution in [3.63, 3.8) is 0 Å². The minimum atomic E-state index is 0.584. The van der Waals surface area contributed by atoms with E-state index < -0.39 is 0 Å². The van der Waals surface area contributed by atoms with Gasteiger partial charge in [0.25, 0.3) is 0 Å². The van der Waals surface area contributed by atoms with Crippen molar-refractivity contribution in [2.75, 3.05) is 19.6 Å². The third kappa shape index (κ3) is 2.59. The van der Waals surface area contributed by atoms with Crippen LogP contribution in [-0.2, 0) is 13.1 Å². The van der Waals surface area contributed by atoms with Gasteiger partial charge in [0.05, 0.1) is 6.54 Å². The summed E-state index contributed by atoms with van der Waals surface area (Å²) in [5, 5.41) is 7.66. The van der Waals surface area contributed by atoms with Crippen molar-refractivity contribution in [3.05, 3.63) is 12.2 Å². The fourth-order valence-corrected chi connectivity index (χ4v) is 2.11. The van der Waals surface area contributed by atoms with Crippen LogP contribution in [0, 0.1) is 0 Å². The molecular formula is C11H21N5. The lowest BCUT2D eigenvalue weighted by Crippen LogP contribution is -2.49. The van der Waals surface area contributed by atoms with Crippen LogP contribution in [0.2, 0.25) is 0 Å². The largest absolute Gasteiger partial charge is 0.314 e. The van der Waals surface area contributed by atoms with Crippen LogP contribution in [0.15, 0.2) is 6.33 Å². The van der Waals surface area contributed by atoms with Crippen molar-refractivity contribution in [2.24, 2.45) is 0 Å². The second-order valence-corrected chi connectivity index (χ2v) is 4.42. The van der Waals surface area contributed by atoms with Gasteiger partial charge in [0.2, 0.25) is 0 Å². The summed E-state index contributed by atoms with van der Waals surface area (Å²) in [4.78, 5) is 6.82. The Morgan fingerprint density at radius 2 is 2.44 bits per heavy atom. The first-order valence-electron chi connectivity index (χ1n) is 6.12. The summed E-state index contributed by atoms with van der Waals surface area (Å²) in [5.74, 6) is 1.09. The van der Waals surface area contributed by atoms with Crippen LogP contribution in [0.3, 0.4) is 0 Å². The molecule has 0 radical (unpaired) electrons. The zero-order chi connectivity index (χ0) is 11.4. The summed E-state index contributed by atoms with van der Waals surface area (Å²) in [6.07, 6.45) is 2.77. The Bertz CT molecular complexity index is 322. The van der Waals surface area contributed by atoms with Crippen LogP contribution in [0.1, 0.15) is 26.1 Å². The molecule has 1 fully saturated rings. The first kappa shape index (κ1) is 11.5. The van der Waals surface area contributed by atoms with Crippen molar-refractivity contribution in [3.8, 4) is 0 Å². The van der Waals surface area contributed by atoms with E-state index >= 15 is 0 Å². The molecular weight excluding hydrogens is 202 g/mol. The number of aromatic nitrogens is 3. The molecule has 0 aliphatic carbocycles. The van der Waals surface area contributed by atoms with Gasteiger partial charge in [-0.2, -0.15) is 5.10 Å². The summed E-state index contributed by atoms with van der Waals surface area (Å²) in [6.45, 7) is 9.55. The number of hydrogen-bond donors (Lipinski definition) is 1. The van der Waals surface area contributed by atoms with E-state index in [-0.39, 0.29) is 0 Å². The molecule has 0 unspecified atom stereocenters. The first-order chi connectivity index (χ1) is 7.81. The summed E-state index contributed by atoms with van der Waals surface area (Å²) in [5.41, 5.74) is 0. The lowest BCUT2D eigenvalue weighted by molar-refractivity contribution is 0.159. The van der Waals surface area contributed by atoms with Crippen molar-refractivity contribution >= 4 is 0 Å². The molecule has 1 aromatic rings. The van der Waals surface area contributed by atoms with Crippen molar-refractivity contribution in [1.29, 1.82) is 0 Å². The molecule has 16 heavy (non-hydrogen) atoms. The molecule has 0 aromatic carbocycles. The Morgan fingerprint density at radius 3 is 3.19 bits per heavy atom. The van der Waals surface area contributed by atoms with Gasteiger partial charge in [0, 0.05) is 32.2 Å². The van der Waals surface area contributed by atoms with Crippen molar-refractivity contribution in [2.45, 2.75) is 39.4 Å². The van der Waals surface area contributed by atoms with Gasteiger partial charge in [0.15, 0.2) is 0 Å². The van der Waals surface area contributed by atoms with Crippen molar-refractivity contribution in [1.82, 2.24) is 25.0 Å². The summed E-state index contributed by atoms with van der Waals surface area (Å²) in [6, 6.07) is 0.584. The monoisotopic (exact) mass is 223 g/mol. The number of nitrogens with zero attached hydrogens (tertiary/aromatic N) is 4. The summed E-state index contributed by atoms with van der Waals surface area (Å²) in [7, 11) is 0. The molecule has 2 rings (SSSR count). The van der Waals surface area contributed by atoms with Crippen LogP contribution in [0.25, 0.3) is 0 Å². The van der Waals surface area contributed by atoms with E-state index in [1.54, 1.807) is 6.33 Å². The van der Waals surface area contributed by atoms with Crippen LogP contribution in [-0.4, -0.2) is 45.3 Å². The Balaban J connectivity index is 1.99. The van der Waals surface area contributed by atoms with Gasteiger partial charge in [-0.3, -0.25) is 4.90 Å². The highest BCUT2D eigenvalue weighted by Gasteiger charge is 2.19. The molecule has 1 saturated heterocycles. The van der Waals surface area contributed by atoms with Gasteiger partial charge < -0.3 is 5.32 Å². The van der Waals surface area contributed by atoms with Gasteiger partial charge in [-0.25, -0.2) is 9.67 Å². The van der Waals surface area contributed by atoms with Gasteiger partial charge >= 0.3 is 0 Å². The van der Waals surface area contributed by atoms with Gasteiger partial charge in [-0.15, -0.1) is 0 Å². The second-order valence-electron chi connectivity index (χ2n) is 4.42. The lowest BCUT2D eigenvalue weighted by Gasteiger charge is -2.33. The number of nitrogens with one attached hydrogen (secondary N) is 1. The standard InChI is InChI=1S/C11H21N5/c1-3-5-16-11(13-9-14-16)8-15-6-4-12-7-10(15)2/h9-10,12H,3-8H2,1-2H3/t10-/m1/s1. The minimum absolute atomic E-state index is 0.584. The molecule has 1 aromatic heterocycles. The first-order valence-corrected chi connectivity index (χ1v) is 6.12. The zero-order valence-corrected chi connectivity index (χ0v) is 10.2. The normalized spacial score (nSPS) is 22.5. The molecule has 1 atom stereocenters. The van der Waals surface area contributed by atoms with E-state index in [9.17, 15) is 0 Å². The number of rotatable bonds is 4. The number of hydrogen-bond acceptors (Lipinski definition) is 4. The van der Waals surface area contributed by atoms with Gasteiger partial charge in [-0.05, 0) is 13.3 Å². The maximum absolute atomic E-state index is 4.35. The molecule has 90 valence electrons. The van der Waals surface area contributed by atoms with E-state index in [1.807, 2.05) is 4.68 Å². The maximum atomic E-state index is 4.35. The van der Waals surface area contributed by atoms with Crippen LogP contribution in [0.4, 0.5) is 0 Å². The minimum Gasteiger partial charge on any atom is -0.314 e. The second kappa shape index (κ2) is 5.41. The predicted molar refractivity (Wildman–Crippen MR) is 63.1 cm³/mol. The smallest absolute Gasteiger partial charge is 0.141 e. The fraction of sp³-hybridized carbons (Fsp3) is 0.818. The average molecular weight is 223 g/mol. The van der Waals surface area contributed by atoms with E-state index in [2.05, 4.69) is 34.1 Å². The molecule has 2 heterocycles. The maximum Gasteiger partial charge on any atom is 0.141 e. The molecule has 0 bridgehead atoms. The van der Waals surface area contributed by atoms with E-state index in [0.717, 1.165) is 45.0 Å². The highest BCUT2D eigenvalue weighted by atomic mass is 15.4. The number of aryl methyl sites for hydroxylation is 1. The summed E-state index contributed by atoms with van der Waals surface area (Å²) >= 11 is 0. The Labute approximate surface area is 96.8 Å². The SMILES string of the molecule is CCCn1ncnc1CN1CCNC[C@H]1C. The molecule has 1 N–H and O–H groups in total. The molecule has 5 nitrogen and oxygen atoms in total. The van der Waals surface area contributed by atoms with Crippen LogP contribution in [0.5, 0.6) is 0 Å². The third-order valence-electron chi connectivity index (χ3n) is 3.11. The highest BCUT2D eigenvalue weighted by molar-refractivity contribution is 4.88. The molecule has 0 saturated carbocycles. The topological polar surface area (TPSA) is 46.0 Å². The highest BCUT2D eigenvalue weighted by Crippen LogP contribution is 2.08. The zero-order valence-electron chi connectivity index (χ0n) is 10.2. The predicted octanol–water partition coefficient (Wildman–Crippen LogP) is 0.482. The molecule has 0 spiro atoms. The van der Waals surface area contributed by atoms with E-state index in [1.165, 1.54) is 0 Å². The molecule has 1 aliphatic heterocycles. The average Bonchev–Trinajstić information content (AvgIpc) is 2.70.